The number of aromatic nitrogens is 2. The lowest BCUT2D eigenvalue weighted by Crippen LogP contribution is -2.26. The Balaban J connectivity index is 1.76. The number of nitrogens with one attached hydrogen (secondary N) is 1. The van der Waals surface area contributed by atoms with Gasteiger partial charge in [0.05, 0.1) is 22.3 Å². The first-order valence-corrected chi connectivity index (χ1v) is 9.07. The molecule has 1 amide bonds. The summed E-state index contributed by atoms with van der Waals surface area (Å²) in [7, 11) is 0. The highest BCUT2D eigenvalue weighted by molar-refractivity contribution is 6.09. The summed E-state index contributed by atoms with van der Waals surface area (Å²) in [5.74, 6) is -1.27. The van der Waals surface area contributed by atoms with Gasteiger partial charge < -0.3 is 10.1 Å². The lowest BCUT2D eigenvalue weighted by molar-refractivity contribution is -0.129. The molecule has 0 unspecified atom stereocenters. The summed E-state index contributed by atoms with van der Waals surface area (Å²) in [6.45, 7) is 4.94. The Kier molecular flexibility index (Phi) is 5.68. The van der Waals surface area contributed by atoms with Gasteiger partial charge in [-0.05, 0) is 30.3 Å². The van der Waals surface area contributed by atoms with Crippen LogP contribution in [-0.2, 0) is 9.53 Å². The van der Waals surface area contributed by atoms with Gasteiger partial charge >= 0.3 is 5.97 Å². The van der Waals surface area contributed by atoms with Crippen molar-refractivity contribution in [1.29, 1.82) is 0 Å². The van der Waals surface area contributed by atoms with Crippen molar-refractivity contribution in [3.8, 4) is 0 Å². The first-order valence-electron chi connectivity index (χ1n) is 9.07. The topological polar surface area (TPSA) is 98.2 Å². The lowest BCUT2D eigenvalue weighted by Gasteiger charge is -2.16. The van der Waals surface area contributed by atoms with Gasteiger partial charge in [0, 0.05) is 23.4 Å². The first kappa shape index (κ1) is 20.1. The normalized spacial score (nSPS) is 11.1. The van der Waals surface area contributed by atoms with E-state index in [0.29, 0.717) is 22.3 Å². The predicted octanol–water partition coefficient (Wildman–Crippen LogP) is 3.65. The average molecular weight is 391 g/mol. The Labute approximate surface area is 168 Å². The highest BCUT2D eigenvalue weighted by Crippen LogP contribution is 2.20. The number of rotatable bonds is 5. The molecule has 0 aliphatic carbocycles. The Morgan fingerprint density at radius 2 is 1.66 bits per heavy atom. The minimum atomic E-state index is -0.678. The van der Waals surface area contributed by atoms with E-state index in [1.807, 2.05) is 0 Å². The van der Waals surface area contributed by atoms with Crippen molar-refractivity contribution in [3.63, 3.8) is 0 Å². The summed E-state index contributed by atoms with van der Waals surface area (Å²) in [4.78, 5) is 45.5. The number of carbonyl (C=O) groups is 3. The molecule has 29 heavy (non-hydrogen) atoms. The Morgan fingerprint density at radius 3 is 2.38 bits per heavy atom. The van der Waals surface area contributed by atoms with Crippen LogP contribution in [0.15, 0.2) is 54.9 Å². The lowest BCUT2D eigenvalue weighted by atomic mass is 9.91. The monoisotopic (exact) mass is 391 g/mol. The van der Waals surface area contributed by atoms with Gasteiger partial charge in [0.2, 0.25) is 0 Å². The minimum Gasteiger partial charge on any atom is -0.454 e. The van der Waals surface area contributed by atoms with Crippen molar-refractivity contribution >= 4 is 34.4 Å². The second kappa shape index (κ2) is 8.18. The van der Waals surface area contributed by atoms with E-state index in [4.69, 9.17) is 4.74 Å². The maximum atomic E-state index is 12.7. The third-order valence-corrected chi connectivity index (χ3v) is 4.30. The average Bonchev–Trinajstić information content (AvgIpc) is 2.71. The number of fused-ring (bicyclic) bond motifs is 1. The molecule has 0 saturated carbocycles. The van der Waals surface area contributed by atoms with Crippen molar-refractivity contribution in [2.75, 3.05) is 11.9 Å². The van der Waals surface area contributed by atoms with Gasteiger partial charge in [-0.3, -0.25) is 19.6 Å². The van der Waals surface area contributed by atoms with Crippen LogP contribution in [0.25, 0.3) is 11.0 Å². The van der Waals surface area contributed by atoms with Crippen LogP contribution in [0.2, 0.25) is 0 Å². The van der Waals surface area contributed by atoms with Gasteiger partial charge in [-0.25, -0.2) is 4.79 Å². The Hall–Kier alpha value is -3.61. The van der Waals surface area contributed by atoms with Crippen LogP contribution in [-0.4, -0.2) is 34.2 Å². The standard InChI is InChI=1S/C22H21N3O4/c1-22(2,3)19(26)13-29-21(28)15-6-4-5-7-16(15)25-20(27)14-8-9-17-18(12-14)24-11-10-23-17/h4-12H,13H2,1-3H3,(H,25,27). The number of nitrogens with zero attached hydrogens (tertiary/aromatic N) is 2. The van der Waals surface area contributed by atoms with Crippen LogP contribution in [0.1, 0.15) is 41.5 Å². The van der Waals surface area contributed by atoms with Gasteiger partial charge in [-0.15, -0.1) is 0 Å². The number of benzene rings is 2. The molecule has 0 aliphatic heterocycles. The van der Waals surface area contributed by atoms with Crippen molar-refractivity contribution < 1.29 is 19.1 Å². The molecule has 148 valence electrons. The fraction of sp³-hybridized carbons (Fsp3) is 0.227. The number of amides is 1. The molecule has 3 aromatic rings. The number of esters is 1. The molecule has 1 N–H and O–H groups in total. The maximum absolute atomic E-state index is 12.7. The third kappa shape index (κ3) is 4.82. The molecule has 0 radical (unpaired) electrons. The largest absolute Gasteiger partial charge is 0.454 e. The first-order chi connectivity index (χ1) is 13.8. The molecular formula is C22H21N3O4. The van der Waals surface area contributed by atoms with Crippen LogP contribution in [0.5, 0.6) is 0 Å². The van der Waals surface area contributed by atoms with E-state index in [1.54, 1.807) is 69.6 Å². The fourth-order valence-corrected chi connectivity index (χ4v) is 2.49. The zero-order valence-corrected chi connectivity index (χ0v) is 16.4. The molecule has 1 aromatic heterocycles. The quantitative estimate of drug-likeness (QED) is 0.667. The van der Waals surface area contributed by atoms with Gasteiger partial charge in [0.1, 0.15) is 0 Å². The van der Waals surface area contributed by atoms with Crippen molar-refractivity contribution in [2.45, 2.75) is 20.8 Å². The van der Waals surface area contributed by atoms with Crippen LogP contribution in [0, 0.1) is 5.41 Å². The zero-order valence-electron chi connectivity index (χ0n) is 16.4. The van der Waals surface area contributed by atoms with E-state index >= 15 is 0 Å². The molecule has 0 atom stereocenters. The maximum Gasteiger partial charge on any atom is 0.340 e. The molecule has 0 spiro atoms. The number of hydrogen-bond acceptors (Lipinski definition) is 6. The molecule has 0 saturated heterocycles. The van der Waals surface area contributed by atoms with E-state index in [-0.39, 0.29) is 18.0 Å². The summed E-state index contributed by atoms with van der Waals surface area (Å²) in [5.41, 5.74) is 1.51. The van der Waals surface area contributed by atoms with Crippen molar-refractivity contribution in [2.24, 2.45) is 5.41 Å². The molecule has 0 bridgehead atoms. The minimum absolute atomic E-state index is 0.170. The predicted molar refractivity (Wildman–Crippen MR) is 109 cm³/mol. The van der Waals surface area contributed by atoms with E-state index < -0.39 is 17.3 Å². The molecule has 1 heterocycles. The Bertz CT molecular complexity index is 1090. The molecule has 0 aliphatic rings. The van der Waals surface area contributed by atoms with E-state index in [0.717, 1.165) is 0 Å². The van der Waals surface area contributed by atoms with E-state index in [1.165, 1.54) is 6.07 Å². The van der Waals surface area contributed by atoms with Crippen LogP contribution >= 0.6 is 0 Å². The van der Waals surface area contributed by atoms with Crippen LogP contribution < -0.4 is 5.32 Å². The number of hydrogen-bond donors (Lipinski definition) is 1. The second-order valence-corrected chi connectivity index (χ2v) is 7.51. The summed E-state index contributed by atoms with van der Waals surface area (Å²) in [6, 6.07) is 11.4. The zero-order chi connectivity index (χ0) is 21.0. The molecule has 0 fully saturated rings. The summed E-state index contributed by atoms with van der Waals surface area (Å²) < 4.78 is 5.14. The third-order valence-electron chi connectivity index (χ3n) is 4.30. The number of ether oxygens (including phenoxy) is 1. The summed E-state index contributed by atoms with van der Waals surface area (Å²) in [5, 5.41) is 2.72. The van der Waals surface area contributed by atoms with Crippen LogP contribution in [0.4, 0.5) is 5.69 Å². The number of ketones is 1. The van der Waals surface area contributed by atoms with Crippen molar-refractivity contribution in [3.05, 3.63) is 66.0 Å². The molecular weight excluding hydrogens is 370 g/mol. The molecule has 3 rings (SSSR count). The van der Waals surface area contributed by atoms with Crippen LogP contribution in [0.3, 0.4) is 0 Å². The van der Waals surface area contributed by atoms with Gasteiger partial charge in [-0.2, -0.15) is 0 Å². The summed E-state index contributed by atoms with van der Waals surface area (Å²) in [6.07, 6.45) is 3.13. The molecule has 7 heteroatoms. The number of Topliss-reactive ketones (excluding diaryl/α,β-unsaturated/α-hetero) is 1. The molecule has 2 aromatic carbocycles. The molecule has 7 nitrogen and oxygen atoms in total. The summed E-state index contributed by atoms with van der Waals surface area (Å²) >= 11 is 0. The number of para-hydroxylation sites is 1. The Morgan fingerprint density at radius 1 is 0.966 bits per heavy atom. The second-order valence-electron chi connectivity index (χ2n) is 7.51. The van der Waals surface area contributed by atoms with E-state index in [2.05, 4.69) is 15.3 Å². The van der Waals surface area contributed by atoms with Gasteiger partial charge in [0.25, 0.3) is 5.91 Å². The van der Waals surface area contributed by atoms with Gasteiger partial charge in [-0.1, -0.05) is 32.9 Å². The SMILES string of the molecule is CC(C)(C)C(=O)COC(=O)c1ccccc1NC(=O)c1ccc2nccnc2c1. The smallest absolute Gasteiger partial charge is 0.340 e. The number of anilines is 1. The van der Waals surface area contributed by atoms with Gasteiger partial charge in [0.15, 0.2) is 12.4 Å². The van der Waals surface area contributed by atoms with Crippen molar-refractivity contribution in [1.82, 2.24) is 9.97 Å². The highest BCUT2D eigenvalue weighted by Gasteiger charge is 2.23. The number of carbonyl (C=O) groups excluding carboxylic acids is 3. The van der Waals surface area contributed by atoms with E-state index in [9.17, 15) is 14.4 Å². The fourth-order valence-electron chi connectivity index (χ4n) is 2.49. The highest BCUT2D eigenvalue weighted by atomic mass is 16.5.